The minimum Gasteiger partial charge on any atom is -0.381 e. The van der Waals surface area contributed by atoms with Gasteiger partial charge in [-0.1, -0.05) is 32.0 Å². The van der Waals surface area contributed by atoms with E-state index in [1.54, 1.807) is 11.1 Å². The van der Waals surface area contributed by atoms with Crippen LogP contribution in [0.1, 0.15) is 43.4 Å². The van der Waals surface area contributed by atoms with Crippen molar-refractivity contribution in [3.05, 3.63) is 34.9 Å². The van der Waals surface area contributed by atoms with E-state index in [4.69, 9.17) is 4.74 Å². The van der Waals surface area contributed by atoms with E-state index in [0.29, 0.717) is 11.5 Å². The van der Waals surface area contributed by atoms with Crippen molar-refractivity contribution in [2.24, 2.45) is 5.41 Å². The van der Waals surface area contributed by atoms with E-state index in [1.165, 1.54) is 31.2 Å². The van der Waals surface area contributed by atoms with E-state index in [-0.39, 0.29) is 0 Å². The molecule has 1 unspecified atom stereocenters. The lowest BCUT2D eigenvalue weighted by Crippen LogP contribution is -2.39. The molecule has 20 heavy (non-hydrogen) atoms. The summed E-state index contributed by atoms with van der Waals surface area (Å²) in [6, 6.07) is 7.71. The minimum atomic E-state index is 0.303. The highest BCUT2D eigenvalue weighted by Gasteiger charge is 2.35. The zero-order valence-corrected chi connectivity index (χ0v) is 12.9. The third kappa shape index (κ3) is 3.07. The van der Waals surface area contributed by atoms with Gasteiger partial charge in [-0.25, -0.2) is 0 Å². The Morgan fingerprint density at radius 2 is 2.10 bits per heavy atom. The third-order valence-electron chi connectivity index (χ3n) is 4.81. The van der Waals surface area contributed by atoms with Crippen molar-refractivity contribution in [3.8, 4) is 0 Å². The zero-order chi connectivity index (χ0) is 14.0. The molecule has 0 bridgehead atoms. The highest BCUT2D eigenvalue weighted by atomic mass is 16.5. The Morgan fingerprint density at radius 1 is 1.25 bits per heavy atom. The Balaban J connectivity index is 1.73. The Bertz CT molecular complexity index is 460. The van der Waals surface area contributed by atoms with Crippen molar-refractivity contribution < 1.29 is 4.74 Å². The normalized spacial score (nSPS) is 25.4. The maximum Gasteiger partial charge on any atom is 0.0538 e. The first-order chi connectivity index (χ1) is 9.67. The molecule has 1 atom stereocenters. The summed E-state index contributed by atoms with van der Waals surface area (Å²) in [7, 11) is 0. The second-order valence-electron chi connectivity index (χ2n) is 6.97. The minimum absolute atomic E-state index is 0.303. The number of fused-ring (bicyclic) bond motifs is 1. The second kappa shape index (κ2) is 5.87. The predicted octanol–water partition coefficient (Wildman–Crippen LogP) is 3.12. The molecule has 1 fully saturated rings. The monoisotopic (exact) mass is 273 g/mol. The molecule has 1 saturated heterocycles. The summed E-state index contributed by atoms with van der Waals surface area (Å²) in [5.74, 6) is 0. The molecule has 1 aliphatic carbocycles. The van der Waals surface area contributed by atoms with Gasteiger partial charge in [0.25, 0.3) is 0 Å². The quantitative estimate of drug-likeness (QED) is 0.890. The second-order valence-corrected chi connectivity index (χ2v) is 6.97. The lowest BCUT2D eigenvalue weighted by molar-refractivity contribution is 0.148. The highest BCUT2D eigenvalue weighted by molar-refractivity contribution is 5.35. The third-order valence-corrected chi connectivity index (χ3v) is 4.81. The average molecular weight is 273 g/mol. The fourth-order valence-electron chi connectivity index (χ4n) is 3.58. The van der Waals surface area contributed by atoms with Gasteiger partial charge >= 0.3 is 0 Å². The van der Waals surface area contributed by atoms with Crippen LogP contribution >= 0.6 is 0 Å². The number of nitrogens with one attached hydrogen (secondary N) is 1. The van der Waals surface area contributed by atoms with Crippen LogP contribution in [0.15, 0.2) is 18.2 Å². The first-order valence-corrected chi connectivity index (χ1v) is 8.09. The molecule has 110 valence electrons. The van der Waals surface area contributed by atoms with Gasteiger partial charge < -0.3 is 10.1 Å². The zero-order valence-electron chi connectivity index (χ0n) is 12.9. The molecule has 1 N–H and O–H groups in total. The Labute approximate surface area is 122 Å². The van der Waals surface area contributed by atoms with Gasteiger partial charge in [-0.2, -0.15) is 0 Å². The summed E-state index contributed by atoms with van der Waals surface area (Å²) >= 11 is 0. The summed E-state index contributed by atoms with van der Waals surface area (Å²) in [4.78, 5) is 0. The van der Waals surface area contributed by atoms with Gasteiger partial charge in [-0.05, 0) is 48.8 Å². The van der Waals surface area contributed by atoms with Gasteiger partial charge in [0, 0.05) is 24.6 Å². The van der Waals surface area contributed by atoms with Crippen molar-refractivity contribution in [2.75, 3.05) is 19.8 Å². The fourth-order valence-corrected chi connectivity index (χ4v) is 3.58. The molecular formula is C18H27NO. The maximum atomic E-state index is 5.72. The van der Waals surface area contributed by atoms with Gasteiger partial charge in [0.15, 0.2) is 0 Å². The molecule has 2 aliphatic rings. The first kappa shape index (κ1) is 14.1. The van der Waals surface area contributed by atoms with E-state index in [0.717, 1.165) is 26.2 Å². The van der Waals surface area contributed by atoms with Crippen molar-refractivity contribution in [1.29, 1.82) is 0 Å². The van der Waals surface area contributed by atoms with Crippen LogP contribution in [0.5, 0.6) is 0 Å². The van der Waals surface area contributed by atoms with Gasteiger partial charge in [-0.15, -0.1) is 0 Å². The molecule has 0 aromatic heterocycles. The largest absolute Gasteiger partial charge is 0.381 e. The Hall–Kier alpha value is -0.860. The Kier molecular flexibility index (Phi) is 4.13. The lowest BCUT2D eigenvalue weighted by atomic mass is 9.80. The Morgan fingerprint density at radius 3 is 2.85 bits per heavy atom. The first-order valence-electron chi connectivity index (χ1n) is 8.09. The van der Waals surface area contributed by atoms with Crippen LogP contribution in [0.3, 0.4) is 0 Å². The van der Waals surface area contributed by atoms with E-state index >= 15 is 0 Å². The summed E-state index contributed by atoms with van der Waals surface area (Å²) < 4.78 is 5.72. The molecule has 0 spiro atoms. The van der Waals surface area contributed by atoms with Gasteiger partial charge in [-0.3, -0.25) is 0 Å². The molecular weight excluding hydrogens is 246 g/mol. The molecule has 1 aromatic rings. The summed E-state index contributed by atoms with van der Waals surface area (Å²) in [6.07, 6.45) is 6.22. The molecule has 1 aliphatic heterocycles. The standard InChI is InChI=1S/C18H27NO/c1-14(2)19-12-18(8-9-20-13-18)11-15-6-7-16-4-3-5-17(16)10-15/h6-7,10,14,19H,3-5,8-9,11-13H2,1-2H3. The molecule has 1 heterocycles. The number of hydrogen-bond donors (Lipinski definition) is 1. The highest BCUT2D eigenvalue weighted by Crippen LogP contribution is 2.33. The summed E-state index contributed by atoms with van der Waals surface area (Å²) in [5, 5.41) is 3.62. The molecule has 1 aromatic carbocycles. The van der Waals surface area contributed by atoms with Crippen LogP contribution in [-0.2, 0) is 24.0 Å². The molecule has 0 saturated carbocycles. The fraction of sp³-hybridized carbons (Fsp3) is 0.667. The number of aryl methyl sites for hydroxylation is 2. The molecule has 0 radical (unpaired) electrons. The van der Waals surface area contributed by atoms with Crippen molar-refractivity contribution >= 4 is 0 Å². The van der Waals surface area contributed by atoms with Crippen LogP contribution in [0.25, 0.3) is 0 Å². The van der Waals surface area contributed by atoms with Gasteiger partial charge in [0.05, 0.1) is 6.61 Å². The topological polar surface area (TPSA) is 21.3 Å². The summed E-state index contributed by atoms with van der Waals surface area (Å²) in [5.41, 5.74) is 4.97. The van der Waals surface area contributed by atoms with E-state index in [9.17, 15) is 0 Å². The van der Waals surface area contributed by atoms with E-state index < -0.39 is 0 Å². The number of hydrogen-bond acceptors (Lipinski definition) is 2. The van der Waals surface area contributed by atoms with E-state index in [1.807, 2.05) is 0 Å². The number of benzene rings is 1. The van der Waals surface area contributed by atoms with E-state index in [2.05, 4.69) is 37.4 Å². The van der Waals surface area contributed by atoms with Crippen LogP contribution in [-0.4, -0.2) is 25.8 Å². The molecule has 2 heteroatoms. The smallest absolute Gasteiger partial charge is 0.0538 e. The van der Waals surface area contributed by atoms with Crippen LogP contribution in [0.2, 0.25) is 0 Å². The molecule has 2 nitrogen and oxygen atoms in total. The number of rotatable bonds is 5. The lowest BCUT2D eigenvalue weighted by Gasteiger charge is -2.29. The van der Waals surface area contributed by atoms with Crippen LogP contribution in [0, 0.1) is 5.41 Å². The number of ether oxygens (including phenoxy) is 1. The molecule has 3 rings (SSSR count). The summed E-state index contributed by atoms with van der Waals surface area (Å²) in [6.45, 7) is 7.34. The van der Waals surface area contributed by atoms with Gasteiger partial charge in [0.2, 0.25) is 0 Å². The van der Waals surface area contributed by atoms with Crippen LogP contribution < -0.4 is 5.32 Å². The van der Waals surface area contributed by atoms with Crippen LogP contribution in [0.4, 0.5) is 0 Å². The van der Waals surface area contributed by atoms with Crippen molar-refractivity contribution in [2.45, 2.75) is 52.0 Å². The van der Waals surface area contributed by atoms with Crippen molar-refractivity contribution in [3.63, 3.8) is 0 Å². The average Bonchev–Trinajstić information content (AvgIpc) is 3.05. The predicted molar refractivity (Wildman–Crippen MR) is 83.2 cm³/mol. The molecule has 0 amide bonds. The van der Waals surface area contributed by atoms with Gasteiger partial charge in [0.1, 0.15) is 0 Å². The van der Waals surface area contributed by atoms with Crippen molar-refractivity contribution in [1.82, 2.24) is 5.32 Å². The maximum absolute atomic E-state index is 5.72. The SMILES string of the molecule is CC(C)NCC1(Cc2ccc3c(c2)CCC3)CCOC1.